The Morgan fingerprint density at radius 1 is 1.50 bits per heavy atom. The quantitative estimate of drug-likeness (QED) is 0.577. The normalized spacial score (nSPS) is 17.1. The first-order chi connectivity index (χ1) is 7.72. The van der Waals surface area contributed by atoms with Crippen LogP contribution in [0.5, 0.6) is 0 Å². The molecule has 4 nitrogen and oxygen atoms in total. The molecule has 0 aliphatic heterocycles. The number of amides is 1. The highest BCUT2D eigenvalue weighted by Crippen LogP contribution is 2.18. The number of rotatable bonds is 9. The molecule has 16 heavy (non-hydrogen) atoms. The zero-order chi connectivity index (χ0) is 11.8. The third-order valence-corrected chi connectivity index (χ3v) is 2.64. The lowest BCUT2D eigenvalue weighted by Gasteiger charge is -2.11. The molecule has 94 valence electrons. The molecule has 0 heterocycles. The molecule has 0 spiro atoms. The predicted octanol–water partition coefficient (Wildman–Crippen LogP) is 0.917. The Balaban J connectivity index is 1.84. The highest BCUT2D eigenvalue weighted by molar-refractivity contribution is 5.76. The van der Waals surface area contributed by atoms with Gasteiger partial charge in [0.2, 0.25) is 5.91 Å². The molecule has 1 unspecified atom stereocenters. The molecule has 2 N–H and O–H groups in total. The maximum Gasteiger partial charge on any atom is 0.220 e. The Hall–Kier alpha value is -0.610. The second kappa shape index (κ2) is 7.63. The van der Waals surface area contributed by atoms with Crippen LogP contribution in [0.3, 0.4) is 0 Å². The van der Waals surface area contributed by atoms with Crippen molar-refractivity contribution >= 4 is 5.91 Å². The van der Waals surface area contributed by atoms with Gasteiger partial charge in [0.15, 0.2) is 0 Å². The van der Waals surface area contributed by atoms with Crippen molar-refractivity contribution in [3.63, 3.8) is 0 Å². The summed E-state index contributed by atoms with van der Waals surface area (Å²) < 4.78 is 5.05. The van der Waals surface area contributed by atoms with Crippen LogP contribution >= 0.6 is 0 Å². The van der Waals surface area contributed by atoms with Crippen molar-refractivity contribution < 1.29 is 9.53 Å². The number of ether oxygens (including phenoxy) is 1. The van der Waals surface area contributed by atoms with E-state index in [9.17, 15) is 4.79 Å². The monoisotopic (exact) mass is 228 g/mol. The molecule has 1 atom stereocenters. The van der Waals surface area contributed by atoms with Gasteiger partial charge in [-0.25, -0.2) is 0 Å². The van der Waals surface area contributed by atoms with Crippen molar-refractivity contribution in [1.82, 2.24) is 10.6 Å². The Kier molecular flexibility index (Phi) is 6.42. The predicted molar refractivity (Wildman–Crippen MR) is 64.3 cm³/mol. The van der Waals surface area contributed by atoms with E-state index in [0.717, 1.165) is 26.1 Å². The molecular formula is C12H24N2O2. The Morgan fingerprint density at radius 3 is 2.88 bits per heavy atom. The van der Waals surface area contributed by atoms with Crippen LogP contribution in [0.25, 0.3) is 0 Å². The van der Waals surface area contributed by atoms with Gasteiger partial charge in [-0.15, -0.1) is 0 Å². The van der Waals surface area contributed by atoms with Gasteiger partial charge in [-0.05, 0) is 38.3 Å². The summed E-state index contributed by atoms with van der Waals surface area (Å²) in [6.07, 6.45) is 3.89. The van der Waals surface area contributed by atoms with Gasteiger partial charge in [0.1, 0.15) is 0 Å². The van der Waals surface area contributed by atoms with Crippen LogP contribution in [-0.4, -0.2) is 38.8 Å². The van der Waals surface area contributed by atoms with E-state index >= 15 is 0 Å². The minimum atomic E-state index is 0.203. The molecule has 1 amide bonds. The highest BCUT2D eigenvalue weighted by atomic mass is 16.5. The van der Waals surface area contributed by atoms with Crippen molar-refractivity contribution in [3.05, 3.63) is 0 Å². The molecule has 0 radical (unpaired) electrons. The lowest BCUT2D eigenvalue weighted by Crippen LogP contribution is -2.28. The van der Waals surface area contributed by atoms with Crippen LogP contribution in [0, 0.1) is 5.92 Å². The third kappa shape index (κ3) is 6.80. The van der Waals surface area contributed by atoms with Crippen LogP contribution in [0.15, 0.2) is 0 Å². The topological polar surface area (TPSA) is 50.4 Å². The first kappa shape index (κ1) is 13.5. The summed E-state index contributed by atoms with van der Waals surface area (Å²) in [4.78, 5) is 11.3. The van der Waals surface area contributed by atoms with E-state index in [2.05, 4.69) is 17.6 Å². The number of carbonyl (C=O) groups excluding carboxylic acids is 1. The average Bonchev–Trinajstić information content (AvgIpc) is 3.01. The summed E-state index contributed by atoms with van der Waals surface area (Å²) >= 11 is 0. The van der Waals surface area contributed by atoms with E-state index in [1.54, 1.807) is 7.11 Å². The molecule has 0 bridgehead atoms. The zero-order valence-corrected chi connectivity index (χ0v) is 10.4. The van der Waals surface area contributed by atoms with E-state index in [-0.39, 0.29) is 5.91 Å². The van der Waals surface area contributed by atoms with Crippen molar-refractivity contribution in [2.24, 2.45) is 5.92 Å². The van der Waals surface area contributed by atoms with Gasteiger partial charge in [-0.3, -0.25) is 4.79 Å². The summed E-state index contributed by atoms with van der Waals surface area (Å²) in [5.41, 5.74) is 0. The molecule has 0 saturated heterocycles. The van der Waals surface area contributed by atoms with E-state index < -0.39 is 0 Å². The first-order valence-electron chi connectivity index (χ1n) is 6.21. The Morgan fingerprint density at radius 2 is 2.25 bits per heavy atom. The van der Waals surface area contributed by atoms with Gasteiger partial charge in [0.05, 0.1) is 0 Å². The van der Waals surface area contributed by atoms with Crippen molar-refractivity contribution in [3.8, 4) is 0 Å². The van der Waals surface area contributed by atoms with Crippen molar-refractivity contribution in [2.75, 3.05) is 26.8 Å². The Labute approximate surface area is 98.1 Å². The number of methoxy groups -OCH3 is 1. The second-order valence-electron chi connectivity index (χ2n) is 4.71. The lowest BCUT2D eigenvalue weighted by atomic mass is 10.2. The SMILES string of the molecule is COCC(C)CNCCCC(=O)NC1CC1. The molecule has 1 fully saturated rings. The maximum absolute atomic E-state index is 11.3. The summed E-state index contributed by atoms with van der Waals surface area (Å²) in [6, 6.07) is 0.488. The third-order valence-electron chi connectivity index (χ3n) is 2.64. The van der Waals surface area contributed by atoms with Crippen LogP contribution in [-0.2, 0) is 9.53 Å². The van der Waals surface area contributed by atoms with Crippen molar-refractivity contribution in [2.45, 2.75) is 38.6 Å². The molecule has 4 heteroatoms. The van der Waals surface area contributed by atoms with E-state index in [1.807, 2.05) is 0 Å². The molecule has 0 aromatic rings. The fraction of sp³-hybridized carbons (Fsp3) is 0.917. The minimum absolute atomic E-state index is 0.203. The number of hydrogen-bond donors (Lipinski definition) is 2. The molecule has 1 aliphatic rings. The van der Waals surface area contributed by atoms with Crippen molar-refractivity contribution in [1.29, 1.82) is 0 Å². The smallest absolute Gasteiger partial charge is 0.220 e. The van der Waals surface area contributed by atoms with Crippen LogP contribution in [0.1, 0.15) is 32.6 Å². The lowest BCUT2D eigenvalue weighted by molar-refractivity contribution is -0.121. The summed E-state index contributed by atoms with van der Waals surface area (Å²) in [5.74, 6) is 0.736. The molecule has 1 rings (SSSR count). The van der Waals surface area contributed by atoms with Gasteiger partial charge in [0, 0.05) is 26.2 Å². The fourth-order valence-electron chi connectivity index (χ4n) is 1.59. The van der Waals surface area contributed by atoms with E-state index in [4.69, 9.17) is 4.74 Å². The van der Waals surface area contributed by atoms with E-state index in [0.29, 0.717) is 18.4 Å². The maximum atomic E-state index is 11.3. The van der Waals surface area contributed by atoms with E-state index in [1.165, 1.54) is 12.8 Å². The summed E-state index contributed by atoms with van der Waals surface area (Å²) in [6.45, 7) is 4.80. The molecular weight excluding hydrogens is 204 g/mol. The average molecular weight is 228 g/mol. The van der Waals surface area contributed by atoms with Gasteiger partial charge >= 0.3 is 0 Å². The van der Waals surface area contributed by atoms with Crippen LogP contribution in [0.4, 0.5) is 0 Å². The summed E-state index contributed by atoms with van der Waals surface area (Å²) in [5, 5.41) is 6.32. The number of nitrogens with one attached hydrogen (secondary N) is 2. The zero-order valence-electron chi connectivity index (χ0n) is 10.4. The molecule has 0 aromatic carbocycles. The van der Waals surface area contributed by atoms with Gasteiger partial charge in [0.25, 0.3) is 0 Å². The summed E-state index contributed by atoms with van der Waals surface area (Å²) in [7, 11) is 1.72. The first-order valence-corrected chi connectivity index (χ1v) is 6.21. The second-order valence-corrected chi connectivity index (χ2v) is 4.71. The number of carbonyl (C=O) groups is 1. The Bertz CT molecular complexity index is 205. The fourth-order valence-corrected chi connectivity index (χ4v) is 1.59. The largest absolute Gasteiger partial charge is 0.384 e. The molecule has 1 saturated carbocycles. The van der Waals surface area contributed by atoms with Gasteiger partial charge in [-0.1, -0.05) is 6.92 Å². The standard InChI is InChI=1S/C12H24N2O2/c1-10(9-16-2)8-13-7-3-4-12(15)14-11-5-6-11/h10-11,13H,3-9H2,1-2H3,(H,14,15). The number of hydrogen-bond acceptors (Lipinski definition) is 3. The molecule has 0 aromatic heterocycles. The van der Waals surface area contributed by atoms with Gasteiger partial charge in [-0.2, -0.15) is 0 Å². The van der Waals surface area contributed by atoms with Crippen LogP contribution < -0.4 is 10.6 Å². The molecule has 1 aliphatic carbocycles. The van der Waals surface area contributed by atoms with Gasteiger partial charge < -0.3 is 15.4 Å². The minimum Gasteiger partial charge on any atom is -0.384 e. The van der Waals surface area contributed by atoms with Crippen LogP contribution in [0.2, 0.25) is 0 Å². The highest BCUT2D eigenvalue weighted by Gasteiger charge is 2.22.